The zero-order chi connectivity index (χ0) is 10.8. The summed E-state index contributed by atoms with van der Waals surface area (Å²) in [6.45, 7) is 1.60. The van der Waals surface area contributed by atoms with E-state index in [0.717, 1.165) is 0 Å². The van der Waals surface area contributed by atoms with Gasteiger partial charge in [0.05, 0.1) is 16.8 Å². The third-order valence-electron chi connectivity index (χ3n) is 2.19. The first kappa shape index (κ1) is 10.4. The van der Waals surface area contributed by atoms with Crippen LogP contribution in [0, 0.1) is 15.5 Å². The third kappa shape index (κ3) is 1.80. The summed E-state index contributed by atoms with van der Waals surface area (Å²) < 4.78 is 0. The van der Waals surface area contributed by atoms with E-state index in [1.54, 1.807) is 13.0 Å². The molecule has 1 aliphatic rings. The summed E-state index contributed by atoms with van der Waals surface area (Å²) in [6.07, 6.45) is 4.53. The first-order valence-electron chi connectivity index (χ1n) is 4.03. The van der Waals surface area contributed by atoms with E-state index >= 15 is 0 Å². The van der Waals surface area contributed by atoms with Gasteiger partial charge in [0, 0.05) is 6.08 Å². The summed E-state index contributed by atoms with van der Waals surface area (Å²) >= 11 is 0. The number of nitro groups is 1. The summed E-state index contributed by atoms with van der Waals surface area (Å²) in [5.41, 5.74) is 1.08. The van der Waals surface area contributed by atoms with Crippen molar-refractivity contribution in [1.29, 1.82) is 0 Å². The molecule has 0 aromatic heterocycles. The lowest BCUT2D eigenvalue weighted by atomic mass is 9.81. The number of rotatable bonds is 2. The Hall–Kier alpha value is -1.69. The Morgan fingerprint density at radius 3 is 2.93 bits per heavy atom. The fourth-order valence-corrected chi connectivity index (χ4v) is 1.31. The summed E-state index contributed by atoms with van der Waals surface area (Å²) in [6, 6.07) is 0. The molecule has 14 heavy (non-hydrogen) atoms. The molecule has 1 aliphatic carbocycles. The van der Waals surface area contributed by atoms with Gasteiger partial charge >= 0.3 is 0 Å². The summed E-state index contributed by atoms with van der Waals surface area (Å²) in [7, 11) is 0. The molecule has 6 heteroatoms. The molecule has 6 nitrogen and oxygen atoms in total. The fourth-order valence-electron chi connectivity index (χ4n) is 1.31. The van der Waals surface area contributed by atoms with Crippen molar-refractivity contribution >= 4 is 5.91 Å². The van der Waals surface area contributed by atoms with Gasteiger partial charge in [-0.2, -0.15) is 0 Å². The van der Waals surface area contributed by atoms with Gasteiger partial charge in [-0.3, -0.25) is 20.3 Å². The Labute approximate surface area is 80.6 Å². The van der Waals surface area contributed by atoms with E-state index in [4.69, 9.17) is 5.84 Å². The lowest BCUT2D eigenvalue weighted by molar-refractivity contribution is -0.429. The van der Waals surface area contributed by atoms with Crippen LogP contribution in [0.15, 0.2) is 23.9 Å². The summed E-state index contributed by atoms with van der Waals surface area (Å²) in [5, 5.41) is 10.5. The van der Waals surface area contributed by atoms with Crippen molar-refractivity contribution in [3.63, 3.8) is 0 Å². The van der Waals surface area contributed by atoms with E-state index in [9.17, 15) is 14.9 Å². The highest BCUT2D eigenvalue weighted by atomic mass is 16.6. The number of nitrogens with one attached hydrogen (secondary N) is 1. The third-order valence-corrected chi connectivity index (χ3v) is 2.19. The smallest absolute Gasteiger partial charge is 0.247 e. The van der Waals surface area contributed by atoms with E-state index in [-0.39, 0.29) is 12.1 Å². The molecule has 0 spiro atoms. The highest BCUT2D eigenvalue weighted by Crippen LogP contribution is 2.31. The van der Waals surface area contributed by atoms with Crippen LogP contribution in [0.1, 0.15) is 13.3 Å². The minimum Gasteiger partial charge on any atom is -0.294 e. The molecule has 0 aliphatic heterocycles. The average Bonchev–Trinajstić information content (AvgIpc) is 2.16. The van der Waals surface area contributed by atoms with E-state index in [1.165, 1.54) is 12.2 Å². The molecule has 0 radical (unpaired) electrons. The zero-order valence-corrected chi connectivity index (χ0v) is 7.69. The standard InChI is InChI=1S/C8H11N3O3/c1-8(7(12)10-9)4-2-3-6(5-8)11(13)14/h2-4H,5,9H2,1H3,(H,10,12). The number of amides is 1. The lowest BCUT2D eigenvalue weighted by Gasteiger charge is -2.23. The van der Waals surface area contributed by atoms with Crippen molar-refractivity contribution in [2.45, 2.75) is 13.3 Å². The van der Waals surface area contributed by atoms with Crippen molar-refractivity contribution < 1.29 is 9.72 Å². The van der Waals surface area contributed by atoms with Crippen molar-refractivity contribution in [3.8, 4) is 0 Å². The Bertz CT molecular complexity index is 335. The van der Waals surface area contributed by atoms with Gasteiger partial charge in [-0.1, -0.05) is 12.2 Å². The number of nitrogens with two attached hydrogens (primary N) is 1. The van der Waals surface area contributed by atoms with Crippen LogP contribution in [0.25, 0.3) is 0 Å². The zero-order valence-electron chi connectivity index (χ0n) is 7.69. The Balaban J connectivity index is 2.90. The first-order valence-corrected chi connectivity index (χ1v) is 4.03. The fraction of sp³-hybridized carbons (Fsp3) is 0.375. The molecule has 0 aromatic rings. The van der Waals surface area contributed by atoms with Crippen LogP contribution in [0.5, 0.6) is 0 Å². The molecular formula is C8H11N3O3. The van der Waals surface area contributed by atoms with Gasteiger partial charge in [0.15, 0.2) is 0 Å². The van der Waals surface area contributed by atoms with Crippen LogP contribution in [0.3, 0.4) is 0 Å². The molecule has 0 saturated heterocycles. The van der Waals surface area contributed by atoms with Gasteiger partial charge in [-0.05, 0) is 6.92 Å². The molecule has 1 atom stereocenters. The molecule has 76 valence electrons. The largest absolute Gasteiger partial charge is 0.294 e. The number of allylic oxidation sites excluding steroid dienone is 3. The summed E-state index contributed by atoms with van der Waals surface area (Å²) in [4.78, 5) is 21.3. The molecule has 0 heterocycles. The normalized spacial score (nSPS) is 25.4. The van der Waals surface area contributed by atoms with E-state index in [0.29, 0.717) is 0 Å². The van der Waals surface area contributed by atoms with Gasteiger partial charge in [-0.25, -0.2) is 5.84 Å². The van der Waals surface area contributed by atoms with Crippen LogP contribution in [0.2, 0.25) is 0 Å². The van der Waals surface area contributed by atoms with Crippen LogP contribution in [-0.4, -0.2) is 10.8 Å². The Morgan fingerprint density at radius 1 is 1.79 bits per heavy atom. The number of hydrogen-bond acceptors (Lipinski definition) is 4. The highest BCUT2D eigenvalue weighted by molar-refractivity contribution is 5.84. The maximum Gasteiger partial charge on any atom is 0.247 e. The predicted octanol–water partition coefficient (Wildman–Crippen LogP) is 0.103. The van der Waals surface area contributed by atoms with E-state index < -0.39 is 16.2 Å². The van der Waals surface area contributed by atoms with Gasteiger partial charge in [0.25, 0.3) is 0 Å². The van der Waals surface area contributed by atoms with E-state index in [2.05, 4.69) is 0 Å². The SMILES string of the molecule is CC1(C(=O)NN)C=CC=C([N+](=O)[O-])C1. The minimum absolute atomic E-state index is 0.0126. The quantitative estimate of drug-likeness (QED) is 0.284. The molecule has 1 rings (SSSR count). The number of carbonyl (C=O) groups is 1. The monoisotopic (exact) mass is 197 g/mol. The Kier molecular flexibility index (Phi) is 2.66. The molecule has 1 unspecified atom stereocenters. The number of nitrogens with zero attached hydrogens (tertiary/aromatic N) is 1. The van der Waals surface area contributed by atoms with Crippen molar-refractivity contribution in [2.24, 2.45) is 11.3 Å². The van der Waals surface area contributed by atoms with Crippen LogP contribution in [-0.2, 0) is 4.79 Å². The topological polar surface area (TPSA) is 98.3 Å². The van der Waals surface area contributed by atoms with Crippen molar-refractivity contribution in [1.82, 2.24) is 5.43 Å². The second-order valence-electron chi connectivity index (χ2n) is 3.34. The minimum atomic E-state index is -0.925. The van der Waals surface area contributed by atoms with Gasteiger partial charge < -0.3 is 0 Å². The molecule has 0 aromatic carbocycles. The highest BCUT2D eigenvalue weighted by Gasteiger charge is 2.36. The Morgan fingerprint density at radius 2 is 2.43 bits per heavy atom. The molecule has 0 bridgehead atoms. The number of carbonyl (C=O) groups excluding carboxylic acids is 1. The van der Waals surface area contributed by atoms with Gasteiger partial charge in [0.2, 0.25) is 11.6 Å². The van der Waals surface area contributed by atoms with Gasteiger partial charge in [0.1, 0.15) is 0 Å². The maximum atomic E-state index is 11.3. The molecule has 0 saturated carbocycles. The number of hydrogen-bond donors (Lipinski definition) is 2. The lowest BCUT2D eigenvalue weighted by Crippen LogP contribution is -2.42. The first-order chi connectivity index (χ1) is 6.49. The van der Waals surface area contributed by atoms with E-state index in [1.807, 2.05) is 5.43 Å². The second kappa shape index (κ2) is 3.59. The van der Waals surface area contributed by atoms with Crippen LogP contribution < -0.4 is 11.3 Å². The van der Waals surface area contributed by atoms with Crippen LogP contribution >= 0.6 is 0 Å². The van der Waals surface area contributed by atoms with Crippen molar-refractivity contribution in [2.75, 3.05) is 0 Å². The number of hydrazine groups is 1. The predicted molar refractivity (Wildman–Crippen MR) is 49.3 cm³/mol. The molecular weight excluding hydrogens is 186 g/mol. The average molecular weight is 197 g/mol. The van der Waals surface area contributed by atoms with Crippen LogP contribution in [0.4, 0.5) is 0 Å². The molecule has 1 amide bonds. The van der Waals surface area contributed by atoms with Crippen molar-refractivity contribution in [3.05, 3.63) is 34.0 Å². The second-order valence-corrected chi connectivity index (χ2v) is 3.34. The molecule has 3 N–H and O–H groups in total. The summed E-state index contributed by atoms with van der Waals surface area (Å²) in [5.74, 6) is 4.56. The maximum absolute atomic E-state index is 11.3. The molecule has 0 fully saturated rings. The van der Waals surface area contributed by atoms with Gasteiger partial charge in [-0.15, -0.1) is 0 Å².